The van der Waals surface area contributed by atoms with Gasteiger partial charge in [-0.1, -0.05) is 77.9 Å². The summed E-state index contributed by atoms with van der Waals surface area (Å²) >= 11 is 0. The van der Waals surface area contributed by atoms with Crippen LogP contribution in [-0.2, 0) is 0 Å². The van der Waals surface area contributed by atoms with Gasteiger partial charge < -0.3 is 4.90 Å². The number of benzene rings is 3. The van der Waals surface area contributed by atoms with Gasteiger partial charge >= 0.3 is 0 Å². The average molecular weight is 337 g/mol. The van der Waals surface area contributed by atoms with Gasteiger partial charge in [-0.3, -0.25) is 0 Å². The highest BCUT2D eigenvalue weighted by molar-refractivity contribution is 5.97. The molecule has 4 rings (SSSR count). The van der Waals surface area contributed by atoms with E-state index in [-0.39, 0.29) is 0 Å². The van der Waals surface area contributed by atoms with E-state index in [9.17, 15) is 0 Å². The Morgan fingerprint density at radius 2 is 1.54 bits per heavy atom. The number of allylic oxidation sites excluding steroid dienone is 5. The second kappa shape index (κ2) is 7.05. The molecular formula is C25H23N. The zero-order valence-corrected chi connectivity index (χ0v) is 15.3. The van der Waals surface area contributed by atoms with Gasteiger partial charge in [0.1, 0.15) is 0 Å². The molecule has 0 heterocycles. The number of hydrogen-bond acceptors (Lipinski definition) is 1. The second-order valence-corrected chi connectivity index (χ2v) is 6.84. The van der Waals surface area contributed by atoms with Crippen molar-refractivity contribution in [2.45, 2.75) is 20.3 Å². The summed E-state index contributed by atoms with van der Waals surface area (Å²) in [5.74, 6) is 0. The van der Waals surface area contributed by atoms with Crippen molar-refractivity contribution in [3.05, 3.63) is 108 Å². The maximum absolute atomic E-state index is 2.39. The van der Waals surface area contributed by atoms with E-state index in [4.69, 9.17) is 0 Å². The first-order valence-electron chi connectivity index (χ1n) is 9.11. The molecule has 0 unspecified atom stereocenters. The molecule has 26 heavy (non-hydrogen) atoms. The molecule has 3 aromatic rings. The Hall–Kier alpha value is -3.06. The molecule has 0 N–H and O–H groups in total. The van der Waals surface area contributed by atoms with Crippen LogP contribution >= 0.6 is 0 Å². The zero-order valence-electron chi connectivity index (χ0n) is 15.3. The summed E-state index contributed by atoms with van der Waals surface area (Å²) in [6.07, 6.45) is 9.80. The summed E-state index contributed by atoms with van der Waals surface area (Å²) in [6, 6.07) is 23.9. The third-order valence-corrected chi connectivity index (χ3v) is 4.83. The molecule has 0 saturated heterocycles. The first-order chi connectivity index (χ1) is 12.7. The number of nitrogens with zero attached hydrogens (tertiary/aromatic N) is 1. The standard InChI is InChI=1S/C25H23N/c1-19-7-5-10-22(16-13-19)26(23-17-14-20(2)15-18-23)25-12-6-9-21-8-3-4-11-24(21)25/h3-9,11-18H,10H2,1-2H3. The van der Waals surface area contributed by atoms with Gasteiger partial charge in [0.2, 0.25) is 0 Å². The smallest absolute Gasteiger partial charge is 0.0536 e. The van der Waals surface area contributed by atoms with E-state index in [0.29, 0.717) is 0 Å². The number of hydrogen-bond donors (Lipinski definition) is 0. The summed E-state index contributed by atoms with van der Waals surface area (Å²) in [5.41, 5.74) is 6.25. The monoisotopic (exact) mass is 337 g/mol. The van der Waals surface area contributed by atoms with Crippen LogP contribution in [0.25, 0.3) is 10.8 Å². The Balaban J connectivity index is 1.93. The predicted molar refractivity (Wildman–Crippen MR) is 113 cm³/mol. The molecule has 1 aliphatic rings. The van der Waals surface area contributed by atoms with Crippen LogP contribution in [0.5, 0.6) is 0 Å². The Kier molecular flexibility index (Phi) is 4.45. The molecule has 0 aromatic heterocycles. The van der Waals surface area contributed by atoms with Crippen LogP contribution < -0.4 is 4.90 Å². The first-order valence-corrected chi connectivity index (χ1v) is 9.11. The van der Waals surface area contributed by atoms with Crippen molar-refractivity contribution in [2.75, 3.05) is 4.90 Å². The lowest BCUT2D eigenvalue weighted by atomic mass is 10.1. The molecular weight excluding hydrogens is 314 g/mol. The molecule has 3 aromatic carbocycles. The van der Waals surface area contributed by atoms with E-state index >= 15 is 0 Å². The lowest BCUT2D eigenvalue weighted by molar-refractivity contribution is 1.08. The fourth-order valence-corrected chi connectivity index (χ4v) is 3.44. The van der Waals surface area contributed by atoms with Gasteiger partial charge in [0.15, 0.2) is 0 Å². The van der Waals surface area contributed by atoms with Gasteiger partial charge in [-0.05, 0) is 43.5 Å². The summed E-state index contributed by atoms with van der Waals surface area (Å²) < 4.78 is 0. The van der Waals surface area contributed by atoms with Crippen molar-refractivity contribution in [1.29, 1.82) is 0 Å². The van der Waals surface area contributed by atoms with Gasteiger partial charge in [0, 0.05) is 23.2 Å². The van der Waals surface area contributed by atoms with Crippen molar-refractivity contribution in [2.24, 2.45) is 0 Å². The molecule has 0 radical (unpaired) electrons. The molecule has 0 amide bonds. The minimum absolute atomic E-state index is 0.908. The van der Waals surface area contributed by atoms with Crippen LogP contribution in [0.1, 0.15) is 18.9 Å². The van der Waals surface area contributed by atoms with E-state index in [2.05, 4.69) is 110 Å². The van der Waals surface area contributed by atoms with E-state index in [1.165, 1.54) is 39.0 Å². The van der Waals surface area contributed by atoms with Crippen LogP contribution in [0.3, 0.4) is 0 Å². The topological polar surface area (TPSA) is 3.24 Å². The van der Waals surface area contributed by atoms with Gasteiger partial charge in [-0.25, -0.2) is 0 Å². The number of rotatable bonds is 3. The van der Waals surface area contributed by atoms with E-state index in [1.807, 2.05) is 0 Å². The molecule has 1 nitrogen and oxygen atoms in total. The van der Waals surface area contributed by atoms with Crippen LogP contribution in [0.2, 0.25) is 0 Å². The quantitative estimate of drug-likeness (QED) is 0.493. The Morgan fingerprint density at radius 1 is 0.769 bits per heavy atom. The zero-order chi connectivity index (χ0) is 17.9. The first kappa shape index (κ1) is 16.4. The molecule has 0 fully saturated rings. The fourth-order valence-electron chi connectivity index (χ4n) is 3.44. The molecule has 0 saturated carbocycles. The van der Waals surface area contributed by atoms with Crippen molar-refractivity contribution in [1.82, 2.24) is 0 Å². The minimum atomic E-state index is 0.908. The van der Waals surface area contributed by atoms with E-state index in [1.54, 1.807) is 0 Å². The SMILES string of the molecule is CC1=CC=C(N(c2ccc(C)cc2)c2cccc3ccccc23)CC=C1. The Bertz CT molecular complexity index is 1010. The fraction of sp³-hybridized carbons (Fsp3) is 0.120. The Morgan fingerprint density at radius 3 is 2.38 bits per heavy atom. The summed E-state index contributed by atoms with van der Waals surface area (Å²) in [7, 11) is 0. The van der Waals surface area contributed by atoms with Crippen LogP contribution in [0.4, 0.5) is 11.4 Å². The van der Waals surface area contributed by atoms with Crippen molar-refractivity contribution < 1.29 is 0 Å². The highest BCUT2D eigenvalue weighted by Crippen LogP contribution is 2.37. The maximum Gasteiger partial charge on any atom is 0.0536 e. The molecule has 0 spiro atoms. The molecule has 0 atom stereocenters. The van der Waals surface area contributed by atoms with Gasteiger partial charge in [-0.15, -0.1) is 0 Å². The van der Waals surface area contributed by atoms with Gasteiger partial charge in [-0.2, -0.15) is 0 Å². The normalized spacial score (nSPS) is 13.9. The van der Waals surface area contributed by atoms with Crippen LogP contribution in [0, 0.1) is 6.92 Å². The van der Waals surface area contributed by atoms with E-state index in [0.717, 1.165) is 6.42 Å². The lowest BCUT2D eigenvalue weighted by Gasteiger charge is -2.28. The number of fused-ring (bicyclic) bond motifs is 1. The number of aryl methyl sites for hydroxylation is 1. The largest absolute Gasteiger partial charge is 0.313 e. The molecule has 0 aliphatic heterocycles. The molecule has 0 bridgehead atoms. The maximum atomic E-state index is 2.39. The van der Waals surface area contributed by atoms with Gasteiger partial charge in [0.25, 0.3) is 0 Å². The average Bonchev–Trinajstić information content (AvgIpc) is 2.88. The molecule has 128 valence electrons. The highest BCUT2D eigenvalue weighted by Gasteiger charge is 2.16. The highest BCUT2D eigenvalue weighted by atomic mass is 15.1. The summed E-state index contributed by atoms with van der Waals surface area (Å²) in [4.78, 5) is 2.39. The van der Waals surface area contributed by atoms with Crippen molar-refractivity contribution in [3.8, 4) is 0 Å². The molecule has 1 aliphatic carbocycles. The minimum Gasteiger partial charge on any atom is -0.313 e. The van der Waals surface area contributed by atoms with E-state index < -0.39 is 0 Å². The third kappa shape index (κ3) is 3.21. The molecule has 1 heteroatoms. The summed E-state index contributed by atoms with van der Waals surface area (Å²) in [6.45, 7) is 4.27. The van der Waals surface area contributed by atoms with Crippen LogP contribution in [-0.4, -0.2) is 0 Å². The Labute approximate surface area is 155 Å². The van der Waals surface area contributed by atoms with Crippen LogP contribution in [0.15, 0.2) is 102 Å². The summed E-state index contributed by atoms with van der Waals surface area (Å²) in [5, 5.41) is 2.53. The van der Waals surface area contributed by atoms with Crippen molar-refractivity contribution in [3.63, 3.8) is 0 Å². The predicted octanol–water partition coefficient (Wildman–Crippen LogP) is 7.08. The lowest BCUT2D eigenvalue weighted by Crippen LogP contribution is -2.16. The third-order valence-electron chi connectivity index (χ3n) is 4.83. The van der Waals surface area contributed by atoms with Crippen molar-refractivity contribution >= 4 is 22.1 Å². The second-order valence-electron chi connectivity index (χ2n) is 6.84. The number of anilines is 2. The van der Waals surface area contributed by atoms with Gasteiger partial charge in [0.05, 0.1) is 5.69 Å².